The molecular weight excluding hydrogens is 278 g/mol. The van der Waals surface area contributed by atoms with Gasteiger partial charge in [0.15, 0.2) is 11.6 Å². The van der Waals surface area contributed by atoms with Crippen LogP contribution in [0.5, 0.6) is 5.75 Å². The van der Waals surface area contributed by atoms with Crippen molar-refractivity contribution in [2.75, 3.05) is 26.7 Å². The maximum absolute atomic E-state index is 13.3. The molecule has 4 nitrogen and oxygen atoms in total. The third-order valence-corrected chi connectivity index (χ3v) is 3.66. The van der Waals surface area contributed by atoms with Gasteiger partial charge in [-0.1, -0.05) is 0 Å². The minimum absolute atomic E-state index is 0.0113. The number of amides is 1. The quantitative estimate of drug-likeness (QED) is 0.816. The average Bonchev–Trinajstić information content (AvgIpc) is 2.98. The predicted molar refractivity (Wildman–Crippen MR) is 75.1 cm³/mol. The largest absolute Gasteiger partial charge is 0.491 e. The van der Waals surface area contributed by atoms with Crippen molar-refractivity contribution in [3.8, 4) is 5.75 Å². The van der Waals surface area contributed by atoms with Crippen LogP contribution in [0, 0.1) is 11.6 Å². The number of rotatable bonds is 6. The van der Waals surface area contributed by atoms with Crippen LogP contribution >= 0.6 is 0 Å². The van der Waals surface area contributed by atoms with Crippen LogP contribution in [0.1, 0.15) is 19.3 Å². The minimum atomic E-state index is -0.726. The summed E-state index contributed by atoms with van der Waals surface area (Å²) in [5.41, 5.74) is 0. The summed E-state index contributed by atoms with van der Waals surface area (Å²) in [6.45, 7) is 2.00. The lowest BCUT2D eigenvalue weighted by atomic mass is 10.2. The van der Waals surface area contributed by atoms with Crippen molar-refractivity contribution in [1.82, 2.24) is 10.2 Å². The van der Waals surface area contributed by atoms with E-state index in [1.165, 1.54) is 6.07 Å². The van der Waals surface area contributed by atoms with Crippen LogP contribution in [0.15, 0.2) is 18.2 Å². The van der Waals surface area contributed by atoms with Gasteiger partial charge in [-0.15, -0.1) is 0 Å². The van der Waals surface area contributed by atoms with E-state index in [-0.39, 0.29) is 24.3 Å². The molecule has 6 heteroatoms. The Morgan fingerprint density at radius 2 is 2.29 bits per heavy atom. The molecule has 0 saturated carbocycles. The Balaban J connectivity index is 1.70. The van der Waals surface area contributed by atoms with E-state index < -0.39 is 11.6 Å². The van der Waals surface area contributed by atoms with Gasteiger partial charge in [0.1, 0.15) is 5.82 Å². The second-order valence-electron chi connectivity index (χ2n) is 5.18. The number of ether oxygens (including phenoxy) is 1. The SMILES string of the molecule is CN(C(=O)CCCOc1ccc(F)cc1F)C1CCNC1. The summed E-state index contributed by atoms with van der Waals surface area (Å²) in [7, 11) is 1.81. The number of hydrogen-bond acceptors (Lipinski definition) is 3. The molecule has 116 valence electrons. The monoisotopic (exact) mass is 298 g/mol. The van der Waals surface area contributed by atoms with Gasteiger partial charge in [-0.25, -0.2) is 8.78 Å². The Hall–Kier alpha value is -1.69. The van der Waals surface area contributed by atoms with Crippen LogP contribution in [0.2, 0.25) is 0 Å². The summed E-state index contributed by atoms with van der Waals surface area (Å²) < 4.78 is 31.3. The number of carbonyl (C=O) groups excluding carboxylic acids is 1. The summed E-state index contributed by atoms with van der Waals surface area (Å²) in [5.74, 6) is -1.29. The van der Waals surface area contributed by atoms with Crippen molar-refractivity contribution in [1.29, 1.82) is 0 Å². The zero-order chi connectivity index (χ0) is 15.2. The topological polar surface area (TPSA) is 41.6 Å². The molecular formula is C15H20F2N2O2. The molecule has 0 bridgehead atoms. The number of halogens is 2. The van der Waals surface area contributed by atoms with Gasteiger partial charge in [0, 0.05) is 32.1 Å². The first-order chi connectivity index (χ1) is 10.1. The van der Waals surface area contributed by atoms with Crippen molar-refractivity contribution in [3.63, 3.8) is 0 Å². The molecule has 0 radical (unpaired) electrons. The highest BCUT2D eigenvalue weighted by molar-refractivity contribution is 5.76. The summed E-state index contributed by atoms with van der Waals surface area (Å²) in [5, 5.41) is 3.22. The fraction of sp³-hybridized carbons (Fsp3) is 0.533. The van der Waals surface area contributed by atoms with Crippen molar-refractivity contribution in [2.24, 2.45) is 0 Å². The van der Waals surface area contributed by atoms with Crippen molar-refractivity contribution < 1.29 is 18.3 Å². The molecule has 1 fully saturated rings. The molecule has 1 saturated heterocycles. The molecule has 1 unspecified atom stereocenters. The molecule has 1 heterocycles. The third-order valence-electron chi connectivity index (χ3n) is 3.66. The van der Waals surface area contributed by atoms with Crippen molar-refractivity contribution in [3.05, 3.63) is 29.8 Å². The van der Waals surface area contributed by atoms with Crippen LogP contribution < -0.4 is 10.1 Å². The van der Waals surface area contributed by atoms with E-state index in [4.69, 9.17) is 4.74 Å². The van der Waals surface area contributed by atoms with Gasteiger partial charge in [-0.05, 0) is 31.5 Å². The number of benzene rings is 1. The Morgan fingerprint density at radius 1 is 1.48 bits per heavy atom. The Kier molecular flexibility index (Phi) is 5.50. The average molecular weight is 298 g/mol. The lowest BCUT2D eigenvalue weighted by Gasteiger charge is -2.23. The number of carbonyl (C=O) groups is 1. The second-order valence-corrected chi connectivity index (χ2v) is 5.18. The highest BCUT2D eigenvalue weighted by Crippen LogP contribution is 2.18. The molecule has 2 rings (SSSR count). The Morgan fingerprint density at radius 3 is 2.95 bits per heavy atom. The summed E-state index contributed by atoms with van der Waals surface area (Å²) >= 11 is 0. The normalized spacial score (nSPS) is 17.8. The van der Waals surface area contributed by atoms with Gasteiger partial charge in [-0.3, -0.25) is 4.79 Å². The molecule has 0 spiro atoms. The highest BCUT2D eigenvalue weighted by Gasteiger charge is 2.22. The minimum Gasteiger partial charge on any atom is -0.491 e. The number of hydrogen-bond donors (Lipinski definition) is 1. The van der Waals surface area contributed by atoms with Crippen LogP contribution in [-0.2, 0) is 4.79 Å². The Labute approximate surface area is 123 Å². The first-order valence-electron chi connectivity index (χ1n) is 7.12. The molecule has 1 atom stereocenters. The predicted octanol–water partition coefficient (Wildman–Crippen LogP) is 1.94. The smallest absolute Gasteiger partial charge is 0.222 e. The number of nitrogens with one attached hydrogen (secondary N) is 1. The van der Waals surface area contributed by atoms with Gasteiger partial charge in [-0.2, -0.15) is 0 Å². The van der Waals surface area contributed by atoms with E-state index >= 15 is 0 Å². The van der Waals surface area contributed by atoms with Crippen molar-refractivity contribution in [2.45, 2.75) is 25.3 Å². The molecule has 1 aliphatic heterocycles. The maximum atomic E-state index is 13.3. The number of likely N-dealkylation sites (N-methyl/N-ethyl adjacent to an activating group) is 1. The van der Waals surface area contributed by atoms with E-state index in [0.29, 0.717) is 12.8 Å². The Bertz CT molecular complexity index is 491. The van der Waals surface area contributed by atoms with Crippen molar-refractivity contribution >= 4 is 5.91 Å². The molecule has 1 N–H and O–H groups in total. The molecule has 0 aromatic heterocycles. The molecule has 1 amide bonds. The standard InChI is InChI=1S/C15H20F2N2O2/c1-19(12-6-7-18-10-12)15(20)3-2-8-21-14-5-4-11(16)9-13(14)17/h4-5,9,12,18H,2-3,6-8,10H2,1H3. The fourth-order valence-corrected chi connectivity index (χ4v) is 2.35. The molecule has 1 aliphatic rings. The van der Waals surface area contributed by atoms with Crippen LogP contribution in [-0.4, -0.2) is 43.6 Å². The zero-order valence-electron chi connectivity index (χ0n) is 12.1. The molecule has 21 heavy (non-hydrogen) atoms. The summed E-state index contributed by atoms with van der Waals surface area (Å²) in [4.78, 5) is 13.7. The maximum Gasteiger partial charge on any atom is 0.222 e. The lowest BCUT2D eigenvalue weighted by Crippen LogP contribution is -2.38. The van der Waals surface area contributed by atoms with Gasteiger partial charge in [0.25, 0.3) is 0 Å². The summed E-state index contributed by atoms with van der Waals surface area (Å²) in [6, 6.07) is 3.43. The third kappa shape index (κ3) is 4.39. The van der Waals surface area contributed by atoms with Gasteiger partial charge >= 0.3 is 0 Å². The molecule has 1 aromatic rings. The molecule has 1 aromatic carbocycles. The van der Waals surface area contributed by atoms with E-state index in [2.05, 4.69) is 5.32 Å². The van der Waals surface area contributed by atoms with E-state index in [1.54, 1.807) is 11.9 Å². The van der Waals surface area contributed by atoms with Gasteiger partial charge < -0.3 is 15.0 Å². The highest BCUT2D eigenvalue weighted by atomic mass is 19.1. The lowest BCUT2D eigenvalue weighted by molar-refractivity contribution is -0.131. The van der Waals surface area contributed by atoms with Crippen LogP contribution in [0.3, 0.4) is 0 Å². The van der Waals surface area contributed by atoms with Crippen LogP contribution in [0.4, 0.5) is 8.78 Å². The molecule has 0 aliphatic carbocycles. The fourth-order valence-electron chi connectivity index (χ4n) is 2.35. The van der Waals surface area contributed by atoms with Gasteiger partial charge in [0.2, 0.25) is 5.91 Å². The first kappa shape index (κ1) is 15.7. The zero-order valence-corrected chi connectivity index (χ0v) is 12.1. The first-order valence-corrected chi connectivity index (χ1v) is 7.12. The number of nitrogens with zero attached hydrogens (tertiary/aromatic N) is 1. The van der Waals surface area contributed by atoms with E-state index in [0.717, 1.165) is 31.6 Å². The van der Waals surface area contributed by atoms with Gasteiger partial charge in [0.05, 0.1) is 6.61 Å². The van der Waals surface area contributed by atoms with Crippen LogP contribution in [0.25, 0.3) is 0 Å². The van der Waals surface area contributed by atoms with E-state index in [1.807, 2.05) is 0 Å². The summed E-state index contributed by atoms with van der Waals surface area (Å²) in [6.07, 6.45) is 1.83. The second kappa shape index (κ2) is 7.36. The van der Waals surface area contributed by atoms with E-state index in [9.17, 15) is 13.6 Å².